The van der Waals surface area contributed by atoms with Crippen LogP contribution in [0.5, 0.6) is 0 Å². The second-order valence-corrected chi connectivity index (χ2v) is 3.97. The monoisotopic (exact) mass is 271 g/mol. The summed E-state index contributed by atoms with van der Waals surface area (Å²) in [7, 11) is 1.67. The number of rotatable bonds is 5. The van der Waals surface area contributed by atoms with Gasteiger partial charge >= 0.3 is 5.97 Å². The molecular weight excluding hydrogens is 254 g/mol. The van der Waals surface area contributed by atoms with Crippen molar-refractivity contribution in [1.29, 1.82) is 5.26 Å². The maximum absolute atomic E-state index is 11.6. The highest BCUT2D eigenvalue weighted by molar-refractivity contribution is 5.93. The van der Waals surface area contributed by atoms with Crippen LogP contribution in [0.3, 0.4) is 0 Å². The minimum absolute atomic E-state index is 0.0421. The Kier molecular flexibility index (Phi) is 5.98. The smallest absolute Gasteiger partial charge is 0.350 e. The Bertz CT molecular complexity index is 556. The Morgan fingerprint density at radius 1 is 1.45 bits per heavy atom. The summed E-state index contributed by atoms with van der Waals surface area (Å²) in [5.41, 5.74) is 1.33. The molecule has 0 aliphatic heterocycles. The first-order chi connectivity index (χ1) is 9.60. The van der Waals surface area contributed by atoms with Gasteiger partial charge in [-0.05, 0) is 19.4 Å². The molecule has 0 aromatic heterocycles. The number of carbonyl (C=O) groups excluding carboxylic acids is 1. The van der Waals surface area contributed by atoms with Gasteiger partial charge < -0.3 is 4.74 Å². The van der Waals surface area contributed by atoms with Crippen molar-refractivity contribution < 1.29 is 9.53 Å². The van der Waals surface area contributed by atoms with Gasteiger partial charge in [-0.1, -0.05) is 30.3 Å². The van der Waals surface area contributed by atoms with Crippen LogP contribution in [0, 0.1) is 11.3 Å². The van der Waals surface area contributed by atoms with Crippen LogP contribution < -0.4 is 0 Å². The van der Waals surface area contributed by atoms with E-state index in [1.165, 1.54) is 5.01 Å². The van der Waals surface area contributed by atoms with Crippen LogP contribution >= 0.6 is 0 Å². The van der Waals surface area contributed by atoms with Crippen molar-refractivity contribution in [2.24, 2.45) is 5.10 Å². The molecule has 104 valence electrons. The van der Waals surface area contributed by atoms with E-state index in [4.69, 9.17) is 10.00 Å². The first-order valence-electron chi connectivity index (χ1n) is 6.21. The van der Waals surface area contributed by atoms with E-state index in [0.717, 1.165) is 5.56 Å². The molecule has 20 heavy (non-hydrogen) atoms. The molecule has 0 heterocycles. The zero-order valence-electron chi connectivity index (χ0n) is 11.8. The number of ether oxygens (including phenoxy) is 1. The molecule has 0 aliphatic rings. The highest BCUT2D eigenvalue weighted by Gasteiger charge is 2.15. The third-order valence-corrected chi connectivity index (χ3v) is 2.62. The molecule has 0 aliphatic carbocycles. The number of hydrogen-bond acceptors (Lipinski definition) is 5. The molecule has 5 nitrogen and oxygen atoms in total. The van der Waals surface area contributed by atoms with E-state index in [9.17, 15) is 4.79 Å². The number of allylic oxidation sites excluding steroid dienone is 1. The number of esters is 1. The van der Waals surface area contributed by atoms with E-state index >= 15 is 0 Å². The molecule has 0 atom stereocenters. The van der Waals surface area contributed by atoms with Gasteiger partial charge in [-0.15, -0.1) is 0 Å². The fraction of sp³-hybridized carbons (Fsp3) is 0.267. The molecule has 0 N–H and O–H groups in total. The van der Waals surface area contributed by atoms with Gasteiger partial charge in [0.1, 0.15) is 6.07 Å². The van der Waals surface area contributed by atoms with E-state index in [1.54, 1.807) is 27.1 Å². The summed E-state index contributed by atoms with van der Waals surface area (Å²) >= 11 is 0. The molecule has 0 bridgehead atoms. The van der Waals surface area contributed by atoms with Crippen molar-refractivity contribution in [1.82, 2.24) is 5.01 Å². The van der Waals surface area contributed by atoms with E-state index in [0.29, 0.717) is 5.70 Å². The number of hydrogen-bond donors (Lipinski definition) is 0. The molecule has 0 fully saturated rings. The first-order valence-corrected chi connectivity index (χ1v) is 6.21. The molecule has 1 aromatic carbocycles. The minimum atomic E-state index is -0.630. The molecular formula is C15H17N3O2. The third-order valence-electron chi connectivity index (χ3n) is 2.62. The van der Waals surface area contributed by atoms with Crippen molar-refractivity contribution in [3.63, 3.8) is 0 Å². The standard InChI is InChI=1S/C15H17N3O2/c1-4-20-15(19)14(10-16)12(2)18(3)17-11-13-8-6-5-7-9-13/h5-9,11H,4H2,1-3H3/b14-12+,17-11+. The maximum Gasteiger partial charge on any atom is 0.350 e. The molecule has 1 rings (SSSR count). The van der Waals surface area contributed by atoms with Gasteiger partial charge in [0.05, 0.1) is 18.5 Å². The van der Waals surface area contributed by atoms with Crippen molar-refractivity contribution in [3.05, 3.63) is 47.2 Å². The normalized spacial score (nSPS) is 11.7. The Balaban J connectivity index is 2.89. The number of nitriles is 1. The van der Waals surface area contributed by atoms with E-state index in [-0.39, 0.29) is 12.2 Å². The number of hydrazone groups is 1. The van der Waals surface area contributed by atoms with Gasteiger partial charge in [-0.3, -0.25) is 5.01 Å². The van der Waals surface area contributed by atoms with Crippen LogP contribution in [-0.4, -0.2) is 30.8 Å². The second-order valence-electron chi connectivity index (χ2n) is 3.97. The molecule has 0 spiro atoms. The molecule has 5 heteroatoms. The quantitative estimate of drug-likeness (QED) is 0.271. The minimum Gasteiger partial charge on any atom is -0.462 e. The van der Waals surface area contributed by atoms with Gasteiger partial charge in [0.25, 0.3) is 0 Å². The molecule has 0 saturated heterocycles. The van der Waals surface area contributed by atoms with E-state index in [1.807, 2.05) is 36.4 Å². The van der Waals surface area contributed by atoms with Crippen molar-refractivity contribution in [2.75, 3.05) is 13.7 Å². The van der Waals surface area contributed by atoms with Crippen LogP contribution in [0.15, 0.2) is 46.7 Å². The van der Waals surface area contributed by atoms with Crippen LogP contribution in [0.1, 0.15) is 19.4 Å². The van der Waals surface area contributed by atoms with E-state index < -0.39 is 5.97 Å². The summed E-state index contributed by atoms with van der Waals surface area (Å²) in [5, 5.41) is 14.7. The van der Waals surface area contributed by atoms with Gasteiger partial charge in [0.2, 0.25) is 0 Å². The van der Waals surface area contributed by atoms with Crippen molar-refractivity contribution in [2.45, 2.75) is 13.8 Å². The maximum atomic E-state index is 11.6. The summed E-state index contributed by atoms with van der Waals surface area (Å²) in [5.74, 6) is -0.630. The fourth-order valence-electron chi connectivity index (χ4n) is 1.42. The lowest BCUT2D eigenvalue weighted by atomic mass is 10.2. The highest BCUT2D eigenvalue weighted by atomic mass is 16.5. The lowest BCUT2D eigenvalue weighted by Crippen LogP contribution is -2.16. The van der Waals surface area contributed by atoms with E-state index in [2.05, 4.69) is 5.10 Å². The molecule has 1 aromatic rings. The topological polar surface area (TPSA) is 65.7 Å². The Hall–Kier alpha value is -2.61. The largest absolute Gasteiger partial charge is 0.462 e. The zero-order chi connectivity index (χ0) is 15.0. The number of carbonyl (C=O) groups is 1. The van der Waals surface area contributed by atoms with Gasteiger partial charge in [-0.25, -0.2) is 4.79 Å². The summed E-state index contributed by atoms with van der Waals surface area (Å²) in [6, 6.07) is 11.4. The number of benzene rings is 1. The highest BCUT2D eigenvalue weighted by Crippen LogP contribution is 2.10. The summed E-state index contributed by atoms with van der Waals surface area (Å²) in [4.78, 5) is 11.6. The number of nitrogens with zero attached hydrogens (tertiary/aromatic N) is 3. The third kappa shape index (κ3) is 4.25. The lowest BCUT2D eigenvalue weighted by Gasteiger charge is -2.14. The SMILES string of the molecule is CCOC(=O)/C(C#N)=C(\C)N(C)/N=C/c1ccccc1. The Morgan fingerprint density at radius 2 is 2.10 bits per heavy atom. The molecule has 0 amide bonds. The summed E-state index contributed by atoms with van der Waals surface area (Å²) in [6.07, 6.45) is 1.66. The van der Waals surface area contributed by atoms with Crippen LogP contribution in [-0.2, 0) is 9.53 Å². The zero-order valence-corrected chi connectivity index (χ0v) is 11.8. The summed E-state index contributed by atoms with van der Waals surface area (Å²) < 4.78 is 4.83. The van der Waals surface area contributed by atoms with Crippen LogP contribution in [0.4, 0.5) is 0 Å². The van der Waals surface area contributed by atoms with Crippen molar-refractivity contribution in [3.8, 4) is 6.07 Å². The predicted octanol–water partition coefficient (Wildman–Crippen LogP) is 2.31. The molecule has 0 radical (unpaired) electrons. The van der Waals surface area contributed by atoms with Crippen LogP contribution in [0.2, 0.25) is 0 Å². The average Bonchev–Trinajstić information content (AvgIpc) is 2.46. The predicted molar refractivity (Wildman–Crippen MR) is 76.7 cm³/mol. The second kappa shape index (κ2) is 7.74. The van der Waals surface area contributed by atoms with Gasteiger partial charge in [0, 0.05) is 7.05 Å². The fourth-order valence-corrected chi connectivity index (χ4v) is 1.42. The van der Waals surface area contributed by atoms with Crippen molar-refractivity contribution >= 4 is 12.2 Å². The average molecular weight is 271 g/mol. The van der Waals surface area contributed by atoms with Gasteiger partial charge in [0.15, 0.2) is 5.57 Å². The summed E-state index contributed by atoms with van der Waals surface area (Å²) in [6.45, 7) is 3.57. The Morgan fingerprint density at radius 3 is 2.65 bits per heavy atom. The molecule has 0 unspecified atom stereocenters. The van der Waals surface area contributed by atoms with Crippen LogP contribution in [0.25, 0.3) is 0 Å². The Labute approximate surface area is 118 Å². The first kappa shape index (κ1) is 15.4. The van der Waals surface area contributed by atoms with Gasteiger partial charge in [-0.2, -0.15) is 10.4 Å². The molecule has 0 saturated carbocycles. The lowest BCUT2D eigenvalue weighted by molar-refractivity contribution is -0.138.